The minimum Gasteiger partial charge on any atom is -0.348 e. The van der Waals surface area contributed by atoms with Crippen molar-refractivity contribution in [1.29, 1.82) is 0 Å². The third-order valence-corrected chi connectivity index (χ3v) is 4.76. The summed E-state index contributed by atoms with van der Waals surface area (Å²) in [5.74, 6) is -0.237. The van der Waals surface area contributed by atoms with Crippen LogP contribution < -0.4 is 5.32 Å². The van der Waals surface area contributed by atoms with E-state index in [2.05, 4.69) is 25.4 Å². The first-order valence-corrected chi connectivity index (χ1v) is 9.89. The third-order valence-electron chi connectivity index (χ3n) is 4.53. The number of hydrogen-bond acceptors (Lipinski definition) is 5. The summed E-state index contributed by atoms with van der Waals surface area (Å²) >= 11 is 6.12. The molecule has 0 spiro atoms. The lowest BCUT2D eigenvalue weighted by Gasteiger charge is -2.16. The monoisotopic (exact) mass is 436 g/mol. The van der Waals surface area contributed by atoms with Crippen LogP contribution in [0, 0.1) is 5.82 Å². The quantitative estimate of drug-likeness (QED) is 0.493. The Kier molecular flexibility index (Phi) is 5.99. The number of nitrogens with zero attached hydrogens (tertiary/aromatic N) is 5. The zero-order valence-corrected chi connectivity index (χ0v) is 17.3. The van der Waals surface area contributed by atoms with Crippen molar-refractivity contribution in [3.8, 4) is 22.6 Å². The van der Waals surface area contributed by atoms with E-state index >= 15 is 0 Å². The minimum absolute atomic E-state index is 0.232. The summed E-state index contributed by atoms with van der Waals surface area (Å²) in [6, 6.07) is 9.44. The predicted octanol–water partition coefficient (Wildman–Crippen LogP) is 4.01. The SMILES string of the molecule is C[C@@H](Cn1cc(-c2ccc(F)cn2)cn1)NC(=O)c1cc(Cl)ccc1-c1ncccn1. The van der Waals surface area contributed by atoms with E-state index in [1.807, 2.05) is 6.92 Å². The number of nitrogens with one attached hydrogen (secondary N) is 1. The van der Waals surface area contributed by atoms with Crippen molar-refractivity contribution in [2.24, 2.45) is 0 Å². The maximum Gasteiger partial charge on any atom is 0.252 e. The smallest absolute Gasteiger partial charge is 0.252 e. The Hall–Kier alpha value is -3.65. The van der Waals surface area contributed by atoms with Crippen LogP contribution >= 0.6 is 11.6 Å². The Balaban J connectivity index is 1.47. The molecular weight excluding hydrogens is 419 g/mol. The topological polar surface area (TPSA) is 85.6 Å². The number of rotatable bonds is 6. The molecule has 3 aromatic heterocycles. The maximum atomic E-state index is 13.1. The number of hydrogen-bond donors (Lipinski definition) is 1. The second-order valence-electron chi connectivity index (χ2n) is 6.95. The molecule has 0 saturated carbocycles. The van der Waals surface area contributed by atoms with Crippen molar-refractivity contribution in [3.05, 3.63) is 83.8 Å². The number of amides is 1. The fourth-order valence-electron chi connectivity index (χ4n) is 3.11. The van der Waals surface area contributed by atoms with Crippen LogP contribution in [-0.2, 0) is 6.54 Å². The van der Waals surface area contributed by atoms with Gasteiger partial charge in [-0.15, -0.1) is 0 Å². The highest BCUT2D eigenvalue weighted by Gasteiger charge is 2.17. The Bertz CT molecular complexity index is 1200. The number of carbonyl (C=O) groups excluding carboxylic acids is 1. The van der Waals surface area contributed by atoms with Crippen LogP contribution in [-0.4, -0.2) is 36.7 Å². The van der Waals surface area contributed by atoms with Crippen molar-refractivity contribution < 1.29 is 9.18 Å². The zero-order chi connectivity index (χ0) is 21.8. The fraction of sp³-hybridized carbons (Fsp3) is 0.136. The average Bonchev–Trinajstić information content (AvgIpc) is 3.23. The normalized spacial score (nSPS) is 11.8. The molecule has 0 saturated heterocycles. The van der Waals surface area contributed by atoms with Gasteiger partial charge in [0.05, 0.1) is 30.2 Å². The van der Waals surface area contributed by atoms with Gasteiger partial charge in [0.2, 0.25) is 0 Å². The highest BCUT2D eigenvalue weighted by atomic mass is 35.5. The van der Waals surface area contributed by atoms with E-state index in [9.17, 15) is 9.18 Å². The standard InChI is InChI=1S/C22H18ClFN6O/c1-14(12-30-13-15(10-28-30)20-6-4-17(24)11-27-20)29-22(31)19-9-16(23)3-5-18(19)21-25-7-2-8-26-21/h2-11,13-14H,12H2,1H3,(H,29,31)/t14-/m0/s1. The van der Waals surface area contributed by atoms with E-state index < -0.39 is 5.82 Å². The molecule has 4 rings (SSSR count). The van der Waals surface area contributed by atoms with E-state index in [4.69, 9.17) is 11.6 Å². The Labute approximate surface area is 183 Å². The molecule has 0 aliphatic heterocycles. The number of benzene rings is 1. The van der Waals surface area contributed by atoms with Gasteiger partial charge in [0.25, 0.3) is 5.91 Å². The van der Waals surface area contributed by atoms with E-state index in [0.29, 0.717) is 34.2 Å². The van der Waals surface area contributed by atoms with Gasteiger partial charge >= 0.3 is 0 Å². The molecule has 4 aromatic rings. The molecule has 0 aliphatic carbocycles. The predicted molar refractivity (Wildman–Crippen MR) is 115 cm³/mol. The summed E-state index contributed by atoms with van der Waals surface area (Å²) in [6.07, 6.45) is 7.84. The molecule has 31 heavy (non-hydrogen) atoms. The molecule has 1 atom stereocenters. The van der Waals surface area contributed by atoms with Gasteiger partial charge in [-0.1, -0.05) is 11.6 Å². The van der Waals surface area contributed by atoms with Crippen molar-refractivity contribution in [1.82, 2.24) is 30.0 Å². The van der Waals surface area contributed by atoms with E-state index in [0.717, 1.165) is 11.8 Å². The highest BCUT2D eigenvalue weighted by Crippen LogP contribution is 2.24. The van der Waals surface area contributed by atoms with Crippen LogP contribution in [0.1, 0.15) is 17.3 Å². The van der Waals surface area contributed by atoms with Gasteiger partial charge in [-0.2, -0.15) is 5.10 Å². The minimum atomic E-state index is -0.395. The molecule has 3 heterocycles. The van der Waals surface area contributed by atoms with Crippen molar-refractivity contribution in [2.75, 3.05) is 0 Å². The number of aromatic nitrogens is 5. The average molecular weight is 437 g/mol. The van der Waals surface area contributed by atoms with E-state index in [1.165, 1.54) is 6.07 Å². The van der Waals surface area contributed by atoms with E-state index in [-0.39, 0.29) is 11.9 Å². The molecule has 0 bridgehead atoms. The first kappa shape index (κ1) is 20.6. The summed E-state index contributed by atoms with van der Waals surface area (Å²) in [5, 5.41) is 7.71. The first-order valence-electron chi connectivity index (χ1n) is 9.52. The van der Waals surface area contributed by atoms with Crippen LogP contribution in [0.25, 0.3) is 22.6 Å². The van der Waals surface area contributed by atoms with Gasteiger partial charge in [0, 0.05) is 40.8 Å². The van der Waals surface area contributed by atoms with Crippen LogP contribution in [0.5, 0.6) is 0 Å². The number of halogens is 2. The Morgan fingerprint density at radius 3 is 2.71 bits per heavy atom. The van der Waals surface area contributed by atoms with Crippen LogP contribution in [0.15, 0.2) is 67.4 Å². The summed E-state index contributed by atoms with van der Waals surface area (Å²) in [4.78, 5) is 25.5. The second kappa shape index (κ2) is 9.01. The fourth-order valence-corrected chi connectivity index (χ4v) is 3.28. The lowest BCUT2D eigenvalue weighted by atomic mass is 10.1. The van der Waals surface area contributed by atoms with Gasteiger partial charge in [0.1, 0.15) is 5.82 Å². The summed E-state index contributed by atoms with van der Waals surface area (Å²) in [5.41, 5.74) is 2.37. The Morgan fingerprint density at radius 1 is 1.16 bits per heavy atom. The van der Waals surface area contributed by atoms with Crippen LogP contribution in [0.3, 0.4) is 0 Å². The largest absolute Gasteiger partial charge is 0.348 e. The molecular formula is C22H18ClFN6O. The molecule has 1 amide bonds. The molecule has 0 unspecified atom stereocenters. The summed E-state index contributed by atoms with van der Waals surface area (Å²) in [6.45, 7) is 2.31. The number of carbonyl (C=O) groups is 1. The number of pyridine rings is 1. The van der Waals surface area contributed by atoms with Crippen LogP contribution in [0.4, 0.5) is 4.39 Å². The lowest BCUT2D eigenvalue weighted by molar-refractivity contribution is 0.0936. The zero-order valence-electron chi connectivity index (χ0n) is 16.5. The van der Waals surface area contributed by atoms with Gasteiger partial charge in [-0.3, -0.25) is 14.5 Å². The van der Waals surface area contributed by atoms with Gasteiger partial charge < -0.3 is 5.32 Å². The molecule has 0 fully saturated rings. The van der Waals surface area contributed by atoms with Crippen LogP contribution in [0.2, 0.25) is 5.02 Å². The molecule has 0 aliphatic rings. The Morgan fingerprint density at radius 2 is 1.97 bits per heavy atom. The first-order chi connectivity index (χ1) is 15.0. The van der Waals surface area contributed by atoms with Crippen molar-refractivity contribution in [3.63, 3.8) is 0 Å². The molecule has 9 heteroatoms. The van der Waals surface area contributed by atoms with Gasteiger partial charge in [0.15, 0.2) is 5.82 Å². The highest BCUT2D eigenvalue weighted by molar-refractivity contribution is 6.31. The molecule has 1 N–H and O–H groups in total. The molecule has 7 nitrogen and oxygen atoms in total. The summed E-state index contributed by atoms with van der Waals surface area (Å²) in [7, 11) is 0. The van der Waals surface area contributed by atoms with Gasteiger partial charge in [-0.05, 0) is 43.3 Å². The summed E-state index contributed by atoms with van der Waals surface area (Å²) < 4.78 is 14.8. The second-order valence-corrected chi connectivity index (χ2v) is 7.39. The molecule has 156 valence electrons. The third kappa shape index (κ3) is 4.92. The van der Waals surface area contributed by atoms with Gasteiger partial charge in [-0.25, -0.2) is 14.4 Å². The lowest BCUT2D eigenvalue weighted by Crippen LogP contribution is -2.36. The van der Waals surface area contributed by atoms with E-state index in [1.54, 1.807) is 59.8 Å². The maximum absolute atomic E-state index is 13.1. The van der Waals surface area contributed by atoms with Crippen molar-refractivity contribution in [2.45, 2.75) is 19.5 Å². The molecule has 0 radical (unpaired) electrons. The molecule has 1 aromatic carbocycles. The van der Waals surface area contributed by atoms with Crippen molar-refractivity contribution >= 4 is 17.5 Å².